The zero-order chi connectivity index (χ0) is 20.1. The molecule has 0 saturated heterocycles. The van der Waals surface area contributed by atoms with Crippen LogP contribution in [-0.2, 0) is 9.53 Å². The minimum Gasteiger partial charge on any atom is -0.451 e. The molecule has 0 fully saturated rings. The van der Waals surface area contributed by atoms with Gasteiger partial charge in [-0.1, -0.05) is 0 Å². The number of anilines is 2. The van der Waals surface area contributed by atoms with Crippen LogP contribution in [0.25, 0.3) is 10.6 Å². The van der Waals surface area contributed by atoms with Gasteiger partial charge in [0.25, 0.3) is 5.91 Å². The van der Waals surface area contributed by atoms with E-state index in [0.717, 1.165) is 5.69 Å². The van der Waals surface area contributed by atoms with Crippen LogP contribution in [0.15, 0.2) is 53.9 Å². The average molecular weight is 399 g/mol. The quantitative estimate of drug-likeness (QED) is 0.638. The summed E-state index contributed by atoms with van der Waals surface area (Å²) in [5, 5.41) is 4.77. The number of ether oxygens (including phenoxy) is 1. The van der Waals surface area contributed by atoms with Crippen molar-refractivity contribution in [3.8, 4) is 10.6 Å². The largest absolute Gasteiger partial charge is 0.451 e. The van der Waals surface area contributed by atoms with E-state index in [1.165, 1.54) is 23.5 Å². The molecule has 0 saturated carbocycles. The summed E-state index contributed by atoms with van der Waals surface area (Å²) in [4.78, 5) is 30.2. The van der Waals surface area contributed by atoms with Crippen molar-refractivity contribution >= 4 is 34.6 Å². The molecule has 144 valence electrons. The summed E-state index contributed by atoms with van der Waals surface area (Å²) in [7, 11) is 3.85. The van der Waals surface area contributed by atoms with Gasteiger partial charge in [-0.25, -0.2) is 14.2 Å². The van der Waals surface area contributed by atoms with Gasteiger partial charge in [-0.15, -0.1) is 11.3 Å². The molecule has 1 N–H and O–H groups in total. The average Bonchev–Trinajstić information content (AvgIpc) is 3.17. The number of rotatable bonds is 6. The van der Waals surface area contributed by atoms with Crippen molar-refractivity contribution in [3.05, 3.63) is 65.4 Å². The Balaban J connectivity index is 1.53. The molecule has 0 spiro atoms. The van der Waals surface area contributed by atoms with Crippen molar-refractivity contribution in [2.75, 3.05) is 30.9 Å². The van der Waals surface area contributed by atoms with Crippen molar-refractivity contribution in [1.29, 1.82) is 0 Å². The minimum atomic E-state index is -0.692. The van der Waals surface area contributed by atoms with Gasteiger partial charge in [-0.3, -0.25) is 4.79 Å². The van der Waals surface area contributed by atoms with Crippen LogP contribution in [0.5, 0.6) is 0 Å². The van der Waals surface area contributed by atoms with Crippen LogP contribution in [-0.4, -0.2) is 37.6 Å². The van der Waals surface area contributed by atoms with Crippen LogP contribution >= 0.6 is 11.3 Å². The standard InChI is InChI=1S/C20H18FN3O3S/c1-24(2)16-9-7-15(8-10-16)22-18(25)11-27-20(26)17-12-28-19(23-17)13-3-5-14(21)6-4-13/h3-10,12H,11H2,1-2H3,(H,22,25). The molecule has 3 rings (SSSR count). The van der Waals surface area contributed by atoms with Crippen LogP contribution in [0.2, 0.25) is 0 Å². The number of benzene rings is 2. The number of carbonyl (C=O) groups excluding carboxylic acids is 2. The smallest absolute Gasteiger partial charge is 0.358 e. The van der Waals surface area contributed by atoms with Gasteiger partial charge in [0.05, 0.1) is 0 Å². The number of esters is 1. The Bertz CT molecular complexity index is 969. The van der Waals surface area contributed by atoms with Crippen LogP contribution in [0.1, 0.15) is 10.5 Å². The molecule has 1 heterocycles. The first-order valence-corrected chi connectivity index (χ1v) is 9.26. The number of nitrogens with zero attached hydrogens (tertiary/aromatic N) is 2. The first-order chi connectivity index (χ1) is 13.4. The molecule has 6 nitrogen and oxygen atoms in total. The lowest BCUT2D eigenvalue weighted by Gasteiger charge is -2.13. The lowest BCUT2D eigenvalue weighted by Crippen LogP contribution is -2.21. The van der Waals surface area contributed by atoms with Gasteiger partial charge in [0.15, 0.2) is 12.3 Å². The Morgan fingerprint density at radius 2 is 1.79 bits per heavy atom. The highest BCUT2D eigenvalue weighted by molar-refractivity contribution is 7.13. The maximum absolute atomic E-state index is 13.0. The maximum atomic E-state index is 13.0. The highest BCUT2D eigenvalue weighted by Crippen LogP contribution is 2.24. The summed E-state index contributed by atoms with van der Waals surface area (Å²) in [6, 6.07) is 13.1. The van der Waals surface area contributed by atoms with E-state index >= 15 is 0 Å². The molecule has 2 aromatic carbocycles. The zero-order valence-electron chi connectivity index (χ0n) is 15.3. The van der Waals surface area contributed by atoms with Crippen LogP contribution in [0, 0.1) is 5.82 Å². The number of hydrogen-bond acceptors (Lipinski definition) is 6. The first-order valence-electron chi connectivity index (χ1n) is 8.38. The summed E-state index contributed by atoms with van der Waals surface area (Å²) in [6.07, 6.45) is 0. The van der Waals surface area contributed by atoms with Crippen LogP contribution in [0.4, 0.5) is 15.8 Å². The van der Waals surface area contributed by atoms with Gasteiger partial charge in [-0.2, -0.15) is 0 Å². The Labute approximate surface area is 165 Å². The number of halogens is 1. The first kappa shape index (κ1) is 19.5. The van der Waals surface area contributed by atoms with E-state index < -0.39 is 18.5 Å². The van der Waals surface area contributed by atoms with Crippen molar-refractivity contribution in [2.45, 2.75) is 0 Å². The summed E-state index contributed by atoms with van der Waals surface area (Å²) in [6.45, 7) is -0.419. The van der Waals surface area contributed by atoms with E-state index in [1.807, 2.05) is 31.1 Å². The zero-order valence-corrected chi connectivity index (χ0v) is 16.1. The van der Waals surface area contributed by atoms with E-state index in [-0.39, 0.29) is 11.5 Å². The monoisotopic (exact) mass is 399 g/mol. The predicted molar refractivity (Wildman–Crippen MR) is 107 cm³/mol. The van der Waals surface area contributed by atoms with Gasteiger partial charge in [0.2, 0.25) is 0 Å². The SMILES string of the molecule is CN(C)c1ccc(NC(=O)COC(=O)c2csc(-c3ccc(F)cc3)n2)cc1. The van der Waals surface area contributed by atoms with Gasteiger partial charge in [-0.05, 0) is 48.5 Å². The third kappa shape index (κ3) is 4.92. The van der Waals surface area contributed by atoms with Crippen molar-refractivity contribution < 1.29 is 18.7 Å². The molecule has 3 aromatic rings. The number of carbonyl (C=O) groups is 2. The molecule has 0 aliphatic carbocycles. The fraction of sp³-hybridized carbons (Fsp3) is 0.150. The third-order valence-electron chi connectivity index (χ3n) is 3.81. The van der Waals surface area contributed by atoms with Gasteiger partial charge >= 0.3 is 5.97 Å². The highest BCUT2D eigenvalue weighted by atomic mass is 32.1. The molecular weight excluding hydrogens is 381 g/mol. The summed E-state index contributed by atoms with van der Waals surface area (Å²) in [5.41, 5.74) is 2.42. The Hall–Kier alpha value is -3.26. The summed E-state index contributed by atoms with van der Waals surface area (Å²) in [5.74, 6) is -1.48. The van der Waals surface area contributed by atoms with Crippen molar-refractivity contribution in [3.63, 3.8) is 0 Å². The molecule has 0 radical (unpaired) electrons. The van der Waals surface area contributed by atoms with Gasteiger partial charge in [0.1, 0.15) is 10.8 Å². The Morgan fingerprint density at radius 3 is 2.43 bits per heavy atom. The summed E-state index contributed by atoms with van der Waals surface area (Å²) < 4.78 is 18.0. The molecule has 0 aliphatic heterocycles. The normalized spacial score (nSPS) is 10.4. The molecule has 8 heteroatoms. The molecule has 0 atom stereocenters. The van der Waals surface area contributed by atoms with E-state index in [0.29, 0.717) is 16.3 Å². The van der Waals surface area contributed by atoms with Gasteiger partial charge in [0, 0.05) is 36.4 Å². The van der Waals surface area contributed by atoms with Crippen molar-refractivity contribution in [2.24, 2.45) is 0 Å². The Morgan fingerprint density at radius 1 is 1.11 bits per heavy atom. The summed E-state index contributed by atoms with van der Waals surface area (Å²) >= 11 is 1.24. The van der Waals surface area contributed by atoms with Crippen LogP contribution < -0.4 is 10.2 Å². The highest BCUT2D eigenvalue weighted by Gasteiger charge is 2.15. The van der Waals surface area contributed by atoms with E-state index in [4.69, 9.17) is 4.74 Å². The minimum absolute atomic E-state index is 0.104. The molecule has 0 aliphatic rings. The predicted octanol–water partition coefficient (Wildman–Crippen LogP) is 3.81. The number of aromatic nitrogens is 1. The number of hydrogen-bond donors (Lipinski definition) is 1. The van der Waals surface area contributed by atoms with Gasteiger partial charge < -0.3 is 15.0 Å². The second-order valence-corrected chi connectivity index (χ2v) is 6.97. The number of thiazole rings is 1. The number of nitrogens with one attached hydrogen (secondary N) is 1. The molecular formula is C20H18FN3O3S. The van der Waals surface area contributed by atoms with Crippen molar-refractivity contribution in [1.82, 2.24) is 4.98 Å². The number of amides is 1. The molecule has 0 unspecified atom stereocenters. The van der Waals surface area contributed by atoms with Crippen LogP contribution in [0.3, 0.4) is 0 Å². The maximum Gasteiger partial charge on any atom is 0.358 e. The fourth-order valence-electron chi connectivity index (χ4n) is 2.34. The topological polar surface area (TPSA) is 71.5 Å². The second kappa shape index (κ2) is 8.62. The van der Waals surface area contributed by atoms with E-state index in [2.05, 4.69) is 10.3 Å². The van der Waals surface area contributed by atoms with E-state index in [9.17, 15) is 14.0 Å². The van der Waals surface area contributed by atoms with E-state index in [1.54, 1.807) is 29.6 Å². The second-order valence-electron chi connectivity index (χ2n) is 6.11. The molecule has 0 bridgehead atoms. The molecule has 1 amide bonds. The molecule has 1 aromatic heterocycles. The fourth-order valence-corrected chi connectivity index (χ4v) is 3.13. The molecule has 28 heavy (non-hydrogen) atoms. The lowest BCUT2D eigenvalue weighted by atomic mass is 10.2. The third-order valence-corrected chi connectivity index (χ3v) is 4.70. The Kier molecular flexibility index (Phi) is 6.00. The lowest BCUT2D eigenvalue weighted by molar-refractivity contribution is -0.119.